The normalized spacial score (nSPS) is 11.8. The number of alkyl halides is 3. The quantitative estimate of drug-likeness (QED) is 0.876. The van der Waals surface area contributed by atoms with E-state index in [1.54, 1.807) is 0 Å². The predicted octanol–water partition coefficient (Wildman–Crippen LogP) is 2.52. The van der Waals surface area contributed by atoms with Crippen LogP contribution in [0.15, 0.2) is 24.3 Å². The number of benzene rings is 1. The molecule has 0 saturated heterocycles. The van der Waals surface area contributed by atoms with Gasteiger partial charge in [-0.15, -0.1) is 10.2 Å². The average molecular weight is 341 g/mol. The zero-order valence-corrected chi connectivity index (χ0v) is 13.3. The van der Waals surface area contributed by atoms with E-state index in [9.17, 15) is 18.0 Å². The fourth-order valence-corrected chi connectivity index (χ4v) is 1.94. The Morgan fingerprint density at radius 1 is 1.33 bits per heavy atom. The average Bonchev–Trinajstić information content (AvgIpc) is 2.94. The van der Waals surface area contributed by atoms with Crippen LogP contribution in [0.4, 0.5) is 13.2 Å². The Bertz CT molecular complexity index is 696. The number of tetrazole rings is 1. The zero-order chi connectivity index (χ0) is 17.7. The Morgan fingerprint density at radius 3 is 2.75 bits per heavy atom. The van der Waals surface area contributed by atoms with Crippen molar-refractivity contribution in [2.45, 2.75) is 33.0 Å². The maximum atomic E-state index is 12.7. The zero-order valence-electron chi connectivity index (χ0n) is 13.3. The van der Waals surface area contributed by atoms with Crippen molar-refractivity contribution in [2.75, 3.05) is 6.54 Å². The molecule has 0 aliphatic rings. The third-order valence-electron chi connectivity index (χ3n) is 3.23. The number of aromatic nitrogens is 4. The molecule has 1 aromatic carbocycles. The third kappa shape index (κ3) is 5.04. The number of halogens is 3. The summed E-state index contributed by atoms with van der Waals surface area (Å²) in [6.07, 6.45) is -3.59. The highest BCUT2D eigenvalue weighted by Crippen LogP contribution is 2.31. The SMILES string of the molecule is CC(C)CCNC(=O)Cn1nnc(-c2cccc(C(F)(F)F)c2)n1. The maximum absolute atomic E-state index is 12.7. The van der Waals surface area contributed by atoms with Crippen LogP contribution in [0.2, 0.25) is 0 Å². The van der Waals surface area contributed by atoms with E-state index in [-0.39, 0.29) is 23.8 Å². The van der Waals surface area contributed by atoms with Crippen LogP contribution in [0.25, 0.3) is 11.4 Å². The molecule has 2 rings (SSSR count). The number of carbonyl (C=O) groups is 1. The Hall–Kier alpha value is -2.45. The van der Waals surface area contributed by atoms with Gasteiger partial charge in [-0.05, 0) is 29.7 Å². The van der Waals surface area contributed by atoms with Gasteiger partial charge in [0.15, 0.2) is 0 Å². The first-order chi connectivity index (χ1) is 11.3. The van der Waals surface area contributed by atoms with Gasteiger partial charge in [0.1, 0.15) is 6.54 Å². The molecule has 1 aromatic heterocycles. The van der Waals surface area contributed by atoms with E-state index in [1.165, 1.54) is 12.1 Å². The highest BCUT2D eigenvalue weighted by atomic mass is 19.4. The molecule has 0 atom stereocenters. The van der Waals surface area contributed by atoms with Crippen molar-refractivity contribution in [2.24, 2.45) is 5.92 Å². The van der Waals surface area contributed by atoms with Gasteiger partial charge in [0.2, 0.25) is 11.7 Å². The molecule has 0 aliphatic carbocycles. The summed E-state index contributed by atoms with van der Waals surface area (Å²) in [6.45, 7) is 4.51. The van der Waals surface area contributed by atoms with E-state index < -0.39 is 11.7 Å². The lowest BCUT2D eigenvalue weighted by Gasteiger charge is -2.07. The van der Waals surface area contributed by atoms with E-state index in [0.717, 1.165) is 23.4 Å². The van der Waals surface area contributed by atoms with Gasteiger partial charge in [-0.1, -0.05) is 26.0 Å². The summed E-state index contributed by atoms with van der Waals surface area (Å²) in [5.41, 5.74) is -0.598. The fraction of sp³-hybridized carbons (Fsp3) is 0.467. The van der Waals surface area contributed by atoms with Gasteiger partial charge in [-0.25, -0.2) is 0 Å². The van der Waals surface area contributed by atoms with Gasteiger partial charge >= 0.3 is 6.18 Å². The van der Waals surface area contributed by atoms with Gasteiger partial charge < -0.3 is 5.32 Å². The molecule has 1 N–H and O–H groups in total. The van der Waals surface area contributed by atoms with Crippen molar-refractivity contribution in [3.63, 3.8) is 0 Å². The largest absolute Gasteiger partial charge is 0.416 e. The molecule has 0 saturated carbocycles. The van der Waals surface area contributed by atoms with Crippen molar-refractivity contribution in [1.29, 1.82) is 0 Å². The van der Waals surface area contributed by atoms with E-state index in [0.29, 0.717) is 12.5 Å². The van der Waals surface area contributed by atoms with E-state index >= 15 is 0 Å². The molecule has 1 amide bonds. The molecule has 2 aromatic rings. The first-order valence-corrected chi connectivity index (χ1v) is 7.48. The smallest absolute Gasteiger partial charge is 0.354 e. The van der Waals surface area contributed by atoms with Crippen molar-refractivity contribution in [3.8, 4) is 11.4 Å². The topological polar surface area (TPSA) is 72.7 Å². The summed E-state index contributed by atoms with van der Waals surface area (Å²) in [5.74, 6) is 0.238. The lowest BCUT2D eigenvalue weighted by atomic mass is 10.1. The molecule has 0 aliphatic heterocycles. The summed E-state index contributed by atoms with van der Waals surface area (Å²) in [7, 11) is 0. The fourth-order valence-electron chi connectivity index (χ4n) is 1.94. The van der Waals surface area contributed by atoms with E-state index in [4.69, 9.17) is 0 Å². The second-order valence-corrected chi connectivity index (χ2v) is 5.75. The molecule has 0 spiro atoms. The van der Waals surface area contributed by atoms with Crippen molar-refractivity contribution >= 4 is 5.91 Å². The molecule has 0 radical (unpaired) electrons. The second kappa shape index (κ2) is 7.41. The number of carbonyl (C=O) groups excluding carboxylic acids is 1. The van der Waals surface area contributed by atoms with Crippen LogP contribution in [0.1, 0.15) is 25.8 Å². The van der Waals surface area contributed by atoms with Gasteiger partial charge in [-0.2, -0.15) is 18.0 Å². The summed E-state index contributed by atoms with van der Waals surface area (Å²) in [6, 6.07) is 4.65. The number of amides is 1. The first kappa shape index (κ1) is 17.9. The first-order valence-electron chi connectivity index (χ1n) is 7.48. The van der Waals surface area contributed by atoms with Gasteiger partial charge in [0.05, 0.1) is 5.56 Å². The molecule has 6 nitrogen and oxygen atoms in total. The minimum absolute atomic E-state index is 0.0380. The number of hydrogen-bond donors (Lipinski definition) is 1. The maximum Gasteiger partial charge on any atom is 0.416 e. The summed E-state index contributed by atoms with van der Waals surface area (Å²) in [4.78, 5) is 12.8. The highest BCUT2D eigenvalue weighted by Gasteiger charge is 2.30. The van der Waals surface area contributed by atoms with Crippen molar-refractivity contribution in [3.05, 3.63) is 29.8 Å². The monoisotopic (exact) mass is 341 g/mol. The minimum atomic E-state index is -4.44. The third-order valence-corrected chi connectivity index (χ3v) is 3.23. The number of nitrogens with one attached hydrogen (secondary N) is 1. The van der Waals surface area contributed by atoms with Crippen LogP contribution in [0.3, 0.4) is 0 Å². The molecule has 0 bridgehead atoms. The molecular weight excluding hydrogens is 323 g/mol. The van der Waals surface area contributed by atoms with Crippen LogP contribution in [-0.2, 0) is 17.5 Å². The second-order valence-electron chi connectivity index (χ2n) is 5.75. The van der Waals surface area contributed by atoms with Gasteiger partial charge in [-0.3, -0.25) is 4.79 Å². The predicted molar refractivity (Wildman–Crippen MR) is 80.7 cm³/mol. The molecule has 130 valence electrons. The van der Waals surface area contributed by atoms with Crippen LogP contribution in [0.5, 0.6) is 0 Å². The number of hydrogen-bond acceptors (Lipinski definition) is 4. The summed E-state index contributed by atoms with van der Waals surface area (Å²) in [5, 5.41) is 14.1. The van der Waals surface area contributed by atoms with Crippen molar-refractivity contribution in [1.82, 2.24) is 25.5 Å². The summed E-state index contributed by atoms with van der Waals surface area (Å²) >= 11 is 0. The minimum Gasteiger partial charge on any atom is -0.354 e. The van der Waals surface area contributed by atoms with Crippen LogP contribution < -0.4 is 5.32 Å². The molecule has 1 heterocycles. The molecular formula is C15H18F3N5O. The lowest BCUT2D eigenvalue weighted by Crippen LogP contribution is -2.29. The van der Waals surface area contributed by atoms with Gasteiger partial charge in [0, 0.05) is 12.1 Å². The van der Waals surface area contributed by atoms with Crippen LogP contribution in [0, 0.1) is 5.92 Å². The number of nitrogens with zero attached hydrogens (tertiary/aromatic N) is 4. The summed E-state index contributed by atoms with van der Waals surface area (Å²) < 4.78 is 38.2. The standard InChI is InChI=1S/C15H18F3N5O/c1-10(2)6-7-19-13(24)9-23-21-14(20-22-23)11-4-3-5-12(8-11)15(16,17)18/h3-5,8,10H,6-7,9H2,1-2H3,(H,19,24). The lowest BCUT2D eigenvalue weighted by molar-refractivity contribution is -0.137. The van der Waals surface area contributed by atoms with Crippen LogP contribution in [-0.4, -0.2) is 32.7 Å². The van der Waals surface area contributed by atoms with Crippen molar-refractivity contribution < 1.29 is 18.0 Å². The Balaban J connectivity index is 2.02. The Morgan fingerprint density at radius 2 is 2.08 bits per heavy atom. The molecule has 24 heavy (non-hydrogen) atoms. The Kier molecular flexibility index (Phi) is 5.53. The molecule has 9 heteroatoms. The van der Waals surface area contributed by atoms with E-state index in [1.807, 2.05) is 13.8 Å². The van der Waals surface area contributed by atoms with Gasteiger partial charge in [0.25, 0.3) is 0 Å². The van der Waals surface area contributed by atoms with E-state index in [2.05, 4.69) is 20.7 Å². The molecule has 0 fully saturated rings. The number of rotatable bonds is 6. The Labute approximate surface area is 137 Å². The van der Waals surface area contributed by atoms with Crippen LogP contribution >= 0.6 is 0 Å². The molecule has 0 unspecified atom stereocenters. The highest BCUT2D eigenvalue weighted by molar-refractivity contribution is 5.75.